The molecule has 4 heteroatoms. The van der Waals surface area contributed by atoms with Gasteiger partial charge in [-0.3, -0.25) is 10.1 Å². The highest BCUT2D eigenvalue weighted by Gasteiger charge is 2.39. The summed E-state index contributed by atoms with van der Waals surface area (Å²) in [5.74, 6) is 0.169. The number of hydrogen-bond acceptors (Lipinski definition) is 3. The van der Waals surface area contributed by atoms with Crippen LogP contribution in [0.3, 0.4) is 0 Å². The van der Waals surface area contributed by atoms with Gasteiger partial charge >= 0.3 is 0 Å². The number of carbonyl (C=O) groups excluding carboxylic acids is 1. The van der Waals surface area contributed by atoms with E-state index in [1.165, 1.54) is 16.7 Å². The quantitative estimate of drug-likeness (QED) is 0.928. The molecule has 2 aliphatic rings. The van der Waals surface area contributed by atoms with Crippen LogP contribution < -0.4 is 5.32 Å². The summed E-state index contributed by atoms with van der Waals surface area (Å²) in [5, 5.41) is 3.36. The van der Waals surface area contributed by atoms with E-state index in [9.17, 15) is 4.79 Å². The summed E-state index contributed by atoms with van der Waals surface area (Å²) in [6.07, 6.45) is 2.28. The summed E-state index contributed by atoms with van der Waals surface area (Å²) in [7, 11) is 0. The maximum Gasteiger partial charge on any atom is 0.238 e. The van der Waals surface area contributed by atoms with Crippen LogP contribution >= 0.6 is 0 Å². The summed E-state index contributed by atoms with van der Waals surface area (Å²) >= 11 is 0. The van der Waals surface area contributed by atoms with Gasteiger partial charge < -0.3 is 9.64 Å². The summed E-state index contributed by atoms with van der Waals surface area (Å²) in [6.45, 7) is 7.55. The van der Waals surface area contributed by atoms with Crippen molar-refractivity contribution in [1.29, 1.82) is 0 Å². The summed E-state index contributed by atoms with van der Waals surface area (Å²) in [5.41, 5.74) is 3.67. The molecule has 0 radical (unpaired) electrons. The van der Waals surface area contributed by atoms with Gasteiger partial charge in [-0.25, -0.2) is 0 Å². The lowest BCUT2D eigenvalue weighted by atomic mass is 10.0. The van der Waals surface area contributed by atoms with E-state index in [0.717, 1.165) is 19.4 Å². The van der Waals surface area contributed by atoms with Crippen molar-refractivity contribution in [2.75, 3.05) is 13.2 Å². The number of amides is 1. The topological polar surface area (TPSA) is 41.6 Å². The fraction of sp³-hybridized carbons (Fsp3) is 0.588. The molecule has 1 amide bonds. The average molecular weight is 288 g/mol. The van der Waals surface area contributed by atoms with Crippen LogP contribution in [0.25, 0.3) is 0 Å². The Kier molecular flexibility index (Phi) is 4.00. The molecule has 2 heterocycles. The zero-order chi connectivity index (χ0) is 15.0. The van der Waals surface area contributed by atoms with E-state index in [4.69, 9.17) is 4.74 Å². The molecule has 114 valence electrons. The fourth-order valence-electron chi connectivity index (χ4n) is 3.53. The summed E-state index contributed by atoms with van der Waals surface area (Å²) < 4.78 is 5.79. The number of nitrogens with one attached hydrogen (secondary N) is 1. The van der Waals surface area contributed by atoms with Crippen molar-refractivity contribution < 1.29 is 9.53 Å². The van der Waals surface area contributed by atoms with Crippen molar-refractivity contribution in [2.24, 2.45) is 0 Å². The lowest BCUT2D eigenvalue weighted by molar-refractivity contribution is -0.132. The van der Waals surface area contributed by atoms with E-state index in [1.54, 1.807) is 0 Å². The molecule has 1 aromatic rings. The first-order valence-corrected chi connectivity index (χ1v) is 7.81. The summed E-state index contributed by atoms with van der Waals surface area (Å²) in [6, 6.07) is 6.53. The van der Waals surface area contributed by atoms with Crippen LogP contribution in [0, 0.1) is 13.8 Å². The minimum atomic E-state index is -0.0303. The number of aryl methyl sites for hydroxylation is 2. The zero-order valence-electron chi connectivity index (χ0n) is 13.1. The molecule has 3 unspecified atom stereocenters. The molecule has 0 aliphatic carbocycles. The lowest BCUT2D eigenvalue weighted by Crippen LogP contribution is -2.44. The van der Waals surface area contributed by atoms with E-state index in [-0.39, 0.29) is 24.2 Å². The minimum Gasteiger partial charge on any atom is -0.376 e. The first-order chi connectivity index (χ1) is 10.1. The Hall–Kier alpha value is -1.39. The van der Waals surface area contributed by atoms with Gasteiger partial charge in [-0.05, 0) is 44.7 Å². The van der Waals surface area contributed by atoms with Gasteiger partial charge in [0.05, 0.1) is 18.7 Å². The molecule has 2 saturated heterocycles. The SMILES string of the molecule is Cc1ccc(C2NCC(=O)N2C(C)C2CCCO2)c(C)c1. The second kappa shape index (κ2) is 5.78. The molecule has 0 saturated carbocycles. The van der Waals surface area contributed by atoms with Gasteiger partial charge in [0.2, 0.25) is 5.91 Å². The molecule has 1 aromatic carbocycles. The molecule has 3 rings (SSSR count). The van der Waals surface area contributed by atoms with Gasteiger partial charge in [-0.15, -0.1) is 0 Å². The van der Waals surface area contributed by atoms with Crippen molar-refractivity contribution in [3.63, 3.8) is 0 Å². The number of carbonyl (C=O) groups is 1. The maximum atomic E-state index is 12.3. The predicted octanol–water partition coefficient (Wildman–Crippen LogP) is 2.30. The maximum absolute atomic E-state index is 12.3. The highest BCUT2D eigenvalue weighted by Crippen LogP contribution is 2.31. The second-order valence-corrected chi connectivity index (χ2v) is 6.24. The Morgan fingerprint density at radius 1 is 1.38 bits per heavy atom. The van der Waals surface area contributed by atoms with Gasteiger partial charge in [-0.2, -0.15) is 0 Å². The Morgan fingerprint density at radius 2 is 2.19 bits per heavy atom. The Morgan fingerprint density at radius 3 is 2.86 bits per heavy atom. The molecular weight excluding hydrogens is 264 g/mol. The van der Waals surface area contributed by atoms with Gasteiger partial charge in [-0.1, -0.05) is 23.8 Å². The number of ether oxygens (including phenoxy) is 1. The van der Waals surface area contributed by atoms with E-state index in [1.807, 2.05) is 4.90 Å². The summed E-state index contributed by atoms with van der Waals surface area (Å²) in [4.78, 5) is 14.3. The van der Waals surface area contributed by atoms with Gasteiger partial charge in [0.1, 0.15) is 6.17 Å². The van der Waals surface area contributed by atoms with Crippen molar-refractivity contribution >= 4 is 5.91 Å². The second-order valence-electron chi connectivity index (χ2n) is 6.24. The third-order valence-electron chi connectivity index (χ3n) is 4.67. The van der Waals surface area contributed by atoms with Gasteiger partial charge in [0, 0.05) is 6.61 Å². The normalized spacial score (nSPS) is 27.4. The third-order valence-corrected chi connectivity index (χ3v) is 4.67. The molecule has 0 aromatic heterocycles. The highest BCUT2D eigenvalue weighted by molar-refractivity contribution is 5.81. The molecule has 21 heavy (non-hydrogen) atoms. The van der Waals surface area contributed by atoms with Crippen LogP contribution in [0.2, 0.25) is 0 Å². The number of benzene rings is 1. The molecule has 0 spiro atoms. The monoisotopic (exact) mass is 288 g/mol. The Labute approximate surface area is 126 Å². The van der Waals surface area contributed by atoms with E-state index in [0.29, 0.717) is 6.54 Å². The highest BCUT2D eigenvalue weighted by atomic mass is 16.5. The molecule has 2 aliphatic heterocycles. The first-order valence-electron chi connectivity index (χ1n) is 7.81. The van der Waals surface area contributed by atoms with Crippen molar-refractivity contribution in [2.45, 2.75) is 51.9 Å². The zero-order valence-corrected chi connectivity index (χ0v) is 13.1. The smallest absolute Gasteiger partial charge is 0.238 e. The van der Waals surface area contributed by atoms with Crippen molar-refractivity contribution in [3.8, 4) is 0 Å². The van der Waals surface area contributed by atoms with Crippen molar-refractivity contribution in [3.05, 3.63) is 34.9 Å². The Balaban J connectivity index is 1.88. The molecule has 4 nitrogen and oxygen atoms in total. The largest absolute Gasteiger partial charge is 0.376 e. The number of nitrogens with zero attached hydrogens (tertiary/aromatic N) is 1. The lowest BCUT2D eigenvalue weighted by Gasteiger charge is -2.34. The molecule has 3 atom stereocenters. The standard InChI is InChI=1S/C17H24N2O2/c1-11-6-7-14(12(2)9-11)17-18-10-16(20)19(17)13(3)15-5-4-8-21-15/h6-7,9,13,15,17-18H,4-5,8,10H2,1-3H3. The molecule has 2 fully saturated rings. The van der Waals surface area contributed by atoms with Crippen LogP contribution in [0.5, 0.6) is 0 Å². The van der Waals surface area contributed by atoms with E-state index in [2.05, 4.69) is 44.3 Å². The number of rotatable bonds is 3. The Bertz CT molecular complexity index is 538. The minimum absolute atomic E-state index is 0.0303. The fourth-order valence-corrected chi connectivity index (χ4v) is 3.53. The van der Waals surface area contributed by atoms with E-state index < -0.39 is 0 Å². The van der Waals surface area contributed by atoms with E-state index >= 15 is 0 Å². The first kappa shape index (κ1) is 14.5. The average Bonchev–Trinajstić information content (AvgIpc) is 3.08. The molecular formula is C17H24N2O2. The van der Waals surface area contributed by atoms with Gasteiger partial charge in [0.15, 0.2) is 0 Å². The third kappa shape index (κ3) is 2.70. The number of hydrogen-bond donors (Lipinski definition) is 1. The van der Waals surface area contributed by atoms with Crippen molar-refractivity contribution in [1.82, 2.24) is 10.2 Å². The van der Waals surface area contributed by atoms with Crippen LogP contribution in [0.4, 0.5) is 0 Å². The van der Waals surface area contributed by atoms with Crippen LogP contribution in [-0.4, -0.2) is 36.1 Å². The molecule has 0 bridgehead atoms. The van der Waals surface area contributed by atoms with Crippen LogP contribution in [0.1, 0.15) is 42.6 Å². The predicted molar refractivity (Wildman–Crippen MR) is 81.9 cm³/mol. The van der Waals surface area contributed by atoms with Gasteiger partial charge in [0.25, 0.3) is 0 Å². The van der Waals surface area contributed by atoms with Crippen LogP contribution in [-0.2, 0) is 9.53 Å². The molecule has 1 N–H and O–H groups in total. The van der Waals surface area contributed by atoms with Crippen LogP contribution in [0.15, 0.2) is 18.2 Å².